The average Bonchev–Trinajstić information content (AvgIpc) is 2.84. The lowest BCUT2D eigenvalue weighted by atomic mass is 9.79. The van der Waals surface area contributed by atoms with Crippen molar-refractivity contribution in [2.75, 3.05) is 55.1 Å². The minimum atomic E-state index is -0.592. The van der Waals surface area contributed by atoms with E-state index in [1.54, 1.807) is 32.3 Å². The van der Waals surface area contributed by atoms with E-state index in [-0.39, 0.29) is 11.8 Å². The number of hydrogen-bond acceptors (Lipinski definition) is 6. The molecule has 8 nitrogen and oxygen atoms in total. The van der Waals surface area contributed by atoms with Crippen molar-refractivity contribution < 1.29 is 23.8 Å². The van der Waals surface area contributed by atoms with Gasteiger partial charge < -0.3 is 29.3 Å². The summed E-state index contributed by atoms with van der Waals surface area (Å²) in [6, 6.07) is 10.5. The third-order valence-electron chi connectivity index (χ3n) is 6.07. The monoisotopic (exact) mass is 469 g/mol. The van der Waals surface area contributed by atoms with Crippen molar-refractivity contribution in [1.82, 2.24) is 15.1 Å². The molecule has 0 fully saturated rings. The summed E-state index contributed by atoms with van der Waals surface area (Å²) in [5.74, 6) is 0.615. The molecule has 184 valence electrons. The second kappa shape index (κ2) is 11.2. The molecule has 34 heavy (non-hydrogen) atoms. The number of methoxy groups -OCH3 is 3. The van der Waals surface area contributed by atoms with Gasteiger partial charge in [0.1, 0.15) is 0 Å². The van der Waals surface area contributed by atoms with Crippen LogP contribution >= 0.6 is 0 Å². The van der Waals surface area contributed by atoms with E-state index >= 15 is 0 Å². The van der Waals surface area contributed by atoms with Crippen LogP contribution in [-0.2, 0) is 4.79 Å². The lowest BCUT2D eigenvalue weighted by molar-refractivity contribution is -0.124. The number of carbonyl (C=O) groups is 2. The first kappa shape index (κ1) is 25.4. The number of benzene rings is 2. The van der Waals surface area contributed by atoms with Crippen LogP contribution < -0.4 is 19.5 Å². The Morgan fingerprint density at radius 3 is 2.26 bits per heavy atom. The smallest absolute Gasteiger partial charge is 0.254 e. The molecular weight excluding hydrogens is 434 g/mol. The van der Waals surface area contributed by atoms with Crippen molar-refractivity contribution in [3.05, 3.63) is 53.1 Å². The van der Waals surface area contributed by atoms with Gasteiger partial charge in [-0.2, -0.15) is 0 Å². The Hall–Kier alpha value is -3.26. The van der Waals surface area contributed by atoms with Gasteiger partial charge in [-0.25, -0.2) is 0 Å². The van der Waals surface area contributed by atoms with E-state index in [1.807, 2.05) is 56.3 Å². The standard InChI is InChI=1S/C26H35N3O5/c1-7-13-29-23(17-15-20(32-4)24(34-6)21(16-17)33-5)22(25(30)27-12-14-28(2)3)18-10-8-9-11-19(18)26(29)31/h8-11,15-16,22-23H,7,12-14H2,1-6H3,(H,27,30). The summed E-state index contributed by atoms with van der Waals surface area (Å²) >= 11 is 0. The summed E-state index contributed by atoms with van der Waals surface area (Å²) in [4.78, 5) is 31.1. The number of ether oxygens (including phenoxy) is 3. The number of rotatable bonds is 10. The van der Waals surface area contributed by atoms with E-state index in [0.717, 1.165) is 17.5 Å². The number of likely N-dealkylation sites (N-methyl/N-ethyl adjacent to an activating group) is 1. The summed E-state index contributed by atoms with van der Waals surface area (Å²) in [5.41, 5.74) is 2.03. The fourth-order valence-electron chi connectivity index (χ4n) is 4.52. The Morgan fingerprint density at radius 2 is 1.71 bits per heavy atom. The van der Waals surface area contributed by atoms with Gasteiger partial charge in [-0.3, -0.25) is 9.59 Å². The minimum absolute atomic E-state index is 0.0893. The van der Waals surface area contributed by atoms with E-state index in [1.165, 1.54) is 0 Å². The molecule has 0 radical (unpaired) electrons. The van der Waals surface area contributed by atoms with Gasteiger partial charge in [-0.1, -0.05) is 25.1 Å². The van der Waals surface area contributed by atoms with Gasteiger partial charge in [0, 0.05) is 25.2 Å². The van der Waals surface area contributed by atoms with Crippen molar-refractivity contribution in [3.63, 3.8) is 0 Å². The van der Waals surface area contributed by atoms with Crippen molar-refractivity contribution in [1.29, 1.82) is 0 Å². The van der Waals surface area contributed by atoms with Gasteiger partial charge in [-0.05, 0) is 49.8 Å². The highest BCUT2D eigenvalue weighted by molar-refractivity contribution is 6.01. The molecule has 0 saturated carbocycles. The van der Waals surface area contributed by atoms with Crippen molar-refractivity contribution >= 4 is 11.8 Å². The maximum atomic E-state index is 13.7. The third kappa shape index (κ3) is 4.97. The Kier molecular flexibility index (Phi) is 8.39. The van der Waals surface area contributed by atoms with Crippen molar-refractivity contribution in [2.24, 2.45) is 0 Å². The fourth-order valence-corrected chi connectivity index (χ4v) is 4.52. The zero-order valence-electron chi connectivity index (χ0n) is 20.9. The Labute approximate surface area is 201 Å². The SMILES string of the molecule is CCCN1C(=O)c2ccccc2C(C(=O)NCCN(C)C)C1c1cc(OC)c(OC)c(OC)c1. The lowest BCUT2D eigenvalue weighted by Crippen LogP contribution is -2.48. The second-order valence-electron chi connectivity index (χ2n) is 8.56. The van der Waals surface area contributed by atoms with E-state index in [2.05, 4.69) is 5.32 Å². The predicted molar refractivity (Wildman–Crippen MR) is 131 cm³/mol. The highest BCUT2D eigenvalue weighted by atomic mass is 16.5. The number of hydrogen-bond donors (Lipinski definition) is 1. The molecular formula is C26H35N3O5. The van der Waals surface area contributed by atoms with E-state index in [0.29, 0.717) is 42.4 Å². The molecule has 2 aromatic carbocycles. The highest BCUT2D eigenvalue weighted by Gasteiger charge is 2.44. The highest BCUT2D eigenvalue weighted by Crippen LogP contribution is 2.47. The van der Waals surface area contributed by atoms with E-state index in [9.17, 15) is 9.59 Å². The Balaban J connectivity index is 2.19. The molecule has 3 rings (SSSR count). The molecule has 0 aromatic heterocycles. The summed E-state index contributed by atoms with van der Waals surface area (Å²) in [6.45, 7) is 3.75. The average molecular weight is 470 g/mol. The van der Waals surface area contributed by atoms with Gasteiger partial charge >= 0.3 is 0 Å². The first-order chi connectivity index (χ1) is 16.4. The molecule has 1 N–H and O–H groups in total. The van der Waals surface area contributed by atoms with E-state index < -0.39 is 12.0 Å². The van der Waals surface area contributed by atoms with Crippen LogP contribution in [0, 0.1) is 0 Å². The number of fused-ring (bicyclic) bond motifs is 1. The van der Waals surface area contributed by atoms with Gasteiger partial charge in [0.15, 0.2) is 11.5 Å². The predicted octanol–water partition coefficient (Wildman–Crippen LogP) is 3.08. The normalized spacial score (nSPS) is 17.4. The fraction of sp³-hybridized carbons (Fsp3) is 0.462. The molecule has 2 aromatic rings. The van der Waals surface area contributed by atoms with Gasteiger partial charge in [0.05, 0.1) is 33.3 Å². The third-order valence-corrected chi connectivity index (χ3v) is 6.07. The molecule has 2 atom stereocenters. The summed E-state index contributed by atoms with van der Waals surface area (Å²) < 4.78 is 16.6. The molecule has 0 bridgehead atoms. The zero-order valence-corrected chi connectivity index (χ0v) is 20.9. The number of carbonyl (C=O) groups excluding carboxylic acids is 2. The quantitative estimate of drug-likeness (QED) is 0.576. The van der Waals surface area contributed by atoms with Crippen LogP contribution in [0.25, 0.3) is 0 Å². The van der Waals surface area contributed by atoms with Gasteiger partial charge in [-0.15, -0.1) is 0 Å². The minimum Gasteiger partial charge on any atom is -0.493 e. The molecule has 0 aliphatic carbocycles. The van der Waals surface area contributed by atoms with Crippen LogP contribution in [-0.4, -0.2) is 76.7 Å². The largest absolute Gasteiger partial charge is 0.493 e. The van der Waals surface area contributed by atoms with Gasteiger partial charge in [0.25, 0.3) is 5.91 Å². The van der Waals surface area contributed by atoms with Crippen molar-refractivity contribution in [2.45, 2.75) is 25.3 Å². The van der Waals surface area contributed by atoms with Crippen molar-refractivity contribution in [3.8, 4) is 17.2 Å². The summed E-state index contributed by atoms with van der Waals surface area (Å²) in [5, 5.41) is 3.08. The molecule has 0 spiro atoms. The summed E-state index contributed by atoms with van der Waals surface area (Å²) in [6.07, 6.45) is 0.754. The maximum absolute atomic E-state index is 13.7. The molecule has 2 unspecified atom stereocenters. The first-order valence-corrected chi connectivity index (χ1v) is 11.5. The number of nitrogens with one attached hydrogen (secondary N) is 1. The topological polar surface area (TPSA) is 80.3 Å². The zero-order chi connectivity index (χ0) is 24.8. The van der Waals surface area contributed by atoms with Crippen LogP contribution in [0.3, 0.4) is 0 Å². The van der Waals surface area contributed by atoms with Crippen LogP contribution in [0.2, 0.25) is 0 Å². The molecule has 0 saturated heterocycles. The molecule has 1 aliphatic heterocycles. The maximum Gasteiger partial charge on any atom is 0.254 e. The lowest BCUT2D eigenvalue weighted by Gasteiger charge is -2.42. The molecule has 2 amide bonds. The summed E-state index contributed by atoms with van der Waals surface area (Å²) in [7, 11) is 8.57. The molecule has 8 heteroatoms. The van der Waals surface area contributed by atoms with Gasteiger partial charge in [0.2, 0.25) is 11.7 Å². The van der Waals surface area contributed by atoms with E-state index in [4.69, 9.17) is 14.2 Å². The Bertz CT molecular complexity index is 998. The van der Waals surface area contributed by atoms with Crippen LogP contribution in [0.5, 0.6) is 17.2 Å². The number of amides is 2. The van der Waals surface area contributed by atoms with Crippen LogP contribution in [0.15, 0.2) is 36.4 Å². The van der Waals surface area contributed by atoms with Crippen LogP contribution in [0.4, 0.5) is 0 Å². The number of nitrogens with zero attached hydrogens (tertiary/aromatic N) is 2. The molecule has 1 heterocycles. The Morgan fingerprint density at radius 1 is 1.06 bits per heavy atom. The molecule has 1 aliphatic rings. The van der Waals surface area contributed by atoms with Crippen LogP contribution in [0.1, 0.15) is 46.8 Å². The second-order valence-corrected chi connectivity index (χ2v) is 8.56. The first-order valence-electron chi connectivity index (χ1n) is 11.5.